The molecule has 0 aromatic heterocycles. The van der Waals surface area contributed by atoms with Crippen LogP contribution in [0.1, 0.15) is 47.8 Å². The monoisotopic (exact) mass is 454 g/mol. The standard InChI is InChI=1S/C25H30N2O6/c1-5-33-25(30)14-21-20-13-23(32-4)22(31-3)12-18(20)10-11-27(21)15-24(29)26-19-8-6-17(7-9-19)16(2)28/h6-9,12-13,21H,5,10-11,14-15H2,1-4H3,(H,26,29)/t21-/m0/s1. The van der Waals surface area contributed by atoms with E-state index in [0.717, 1.165) is 11.1 Å². The first-order valence-corrected chi connectivity index (χ1v) is 10.9. The van der Waals surface area contributed by atoms with Crippen molar-refractivity contribution in [2.24, 2.45) is 0 Å². The maximum Gasteiger partial charge on any atom is 0.307 e. The number of esters is 1. The number of fused-ring (bicyclic) bond motifs is 1. The lowest BCUT2D eigenvalue weighted by Gasteiger charge is -2.37. The number of benzene rings is 2. The van der Waals surface area contributed by atoms with Crippen LogP contribution in [-0.2, 0) is 20.7 Å². The second-order valence-corrected chi connectivity index (χ2v) is 7.83. The molecule has 1 heterocycles. The summed E-state index contributed by atoms with van der Waals surface area (Å²) < 4.78 is 16.1. The zero-order valence-corrected chi connectivity index (χ0v) is 19.5. The van der Waals surface area contributed by atoms with Gasteiger partial charge in [0.25, 0.3) is 0 Å². The molecule has 1 amide bonds. The maximum atomic E-state index is 12.8. The summed E-state index contributed by atoms with van der Waals surface area (Å²) >= 11 is 0. The molecule has 8 heteroatoms. The molecule has 1 aliphatic rings. The molecule has 0 saturated carbocycles. The minimum absolute atomic E-state index is 0.0336. The minimum atomic E-state index is -0.335. The number of Topliss-reactive ketones (excluding diaryl/α,β-unsaturated/α-hetero) is 1. The zero-order valence-electron chi connectivity index (χ0n) is 19.5. The second-order valence-electron chi connectivity index (χ2n) is 7.83. The molecule has 1 aliphatic heterocycles. The first-order chi connectivity index (χ1) is 15.9. The number of hydrogen-bond acceptors (Lipinski definition) is 7. The Hall–Kier alpha value is -3.39. The number of amides is 1. The van der Waals surface area contributed by atoms with Crippen molar-refractivity contribution in [3.63, 3.8) is 0 Å². The van der Waals surface area contributed by atoms with Gasteiger partial charge in [0.05, 0.1) is 33.8 Å². The van der Waals surface area contributed by atoms with Crippen molar-refractivity contribution in [1.82, 2.24) is 4.90 Å². The molecule has 8 nitrogen and oxygen atoms in total. The average molecular weight is 455 g/mol. The number of carbonyl (C=O) groups is 3. The Balaban J connectivity index is 1.81. The minimum Gasteiger partial charge on any atom is -0.493 e. The molecule has 0 fully saturated rings. The summed E-state index contributed by atoms with van der Waals surface area (Å²) in [7, 11) is 3.15. The summed E-state index contributed by atoms with van der Waals surface area (Å²) in [5.74, 6) is 0.640. The van der Waals surface area contributed by atoms with Crippen molar-refractivity contribution >= 4 is 23.3 Å². The Bertz CT molecular complexity index is 1020. The Labute approximate surface area is 193 Å². The number of ketones is 1. The molecule has 1 N–H and O–H groups in total. The third-order valence-corrected chi connectivity index (χ3v) is 5.70. The van der Waals surface area contributed by atoms with Gasteiger partial charge >= 0.3 is 5.97 Å². The molecular weight excluding hydrogens is 424 g/mol. The van der Waals surface area contributed by atoms with Crippen LogP contribution in [0, 0.1) is 0 Å². The normalized spacial score (nSPS) is 15.3. The van der Waals surface area contributed by atoms with E-state index >= 15 is 0 Å². The summed E-state index contributed by atoms with van der Waals surface area (Å²) in [4.78, 5) is 38.6. The number of nitrogens with one attached hydrogen (secondary N) is 1. The summed E-state index contributed by atoms with van der Waals surface area (Å²) in [6, 6.07) is 10.2. The summed E-state index contributed by atoms with van der Waals surface area (Å²) in [5.41, 5.74) is 3.17. The van der Waals surface area contributed by atoms with Crippen LogP contribution >= 0.6 is 0 Å². The van der Waals surface area contributed by atoms with E-state index in [1.54, 1.807) is 45.4 Å². The average Bonchev–Trinajstić information content (AvgIpc) is 2.80. The summed E-state index contributed by atoms with van der Waals surface area (Å²) in [6.07, 6.45) is 0.826. The molecule has 0 bridgehead atoms. The predicted octanol–water partition coefficient (Wildman–Crippen LogP) is 3.40. The Morgan fingerprint density at radius 1 is 1.06 bits per heavy atom. The van der Waals surface area contributed by atoms with Gasteiger partial charge in [-0.3, -0.25) is 19.3 Å². The quantitative estimate of drug-likeness (QED) is 0.458. The van der Waals surface area contributed by atoms with E-state index in [-0.39, 0.29) is 36.7 Å². The van der Waals surface area contributed by atoms with E-state index in [4.69, 9.17) is 14.2 Å². The zero-order chi connectivity index (χ0) is 24.0. The van der Waals surface area contributed by atoms with Crippen molar-refractivity contribution in [3.8, 4) is 11.5 Å². The van der Waals surface area contributed by atoms with E-state index in [1.807, 2.05) is 17.0 Å². The first kappa shape index (κ1) is 24.3. The lowest BCUT2D eigenvalue weighted by Crippen LogP contribution is -2.41. The van der Waals surface area contributed by atoms with Crippen molar-refractivity contribution in [2.75, 3.05) is 39.2 Å². The molecule has 0 saturated heterocycles. The molecule has 33 heavy (non-hydrogen) atoms. The molecule has 0 spiro atoms. The third kappa shape index (κ3) is 5.90. The molecular formula is C25H30N2O6. The van der Waals surface area contributed by atoms with Gasteiger partial charge in [0.2, 0.25) is 5.91 Å². The number of methoxy groups -OCH3 is 2. The molecule has 2 aromatic carbocycles. The van der Waals surface area contributed by atoms with Gasteiger partial charge in [-0.25, -0.2) is 0 Å². The maximum absolute atomic E-state index is 12.8. The Morgan fingerprint density at radius 3 is 2.33 bits per heavy atom. The number of anilines is 1. The highest BCUT2D eigenvalue weighted by atomic mass is 16.5. The third-order valence-electron chi connectivity index (χ3n) is 5.70. The van der Waals surface area contributed by atoms with Crippen LogP contribution < -0.4 is 14.8 Å². The number of nitrogens with zero attached hydrogens (tertiary/aromatic N) is 1. The summed E-state index contributed by atoms with van der Waals surface area (Å²) in [5, 5.41) is 2.87. The molecule has 3 rings (SSSR count). The van der Waals surface area contributed by atoms with Crippen molar-refractivity contribution < 1.29 is 28.6 Å². The van der Waals surface area contributed by atoms with E-state index in [2.05, 4.69) is 5.32 Å². The van der Waals surface area contributed by atoms with E-state index in [9.17, 15) is 14.4 Å². The highest BCUT2D eigenvalue weighted by Crippen LogP contribution is 2.39. The highest BCUT2D eigenvalue weighted by Gasteiger charge is 2.32. The fourth-order valence-corrected chi connectivity index (χ4v) is 4.06. The first-order valence-electron chi connectivity index (χ1n) is 10.9. The summed E-state index contributed by atoms with van der Waals surface area (Å²) in [6.45, 7) is 4.26. The van der Waals surface area contributed by atoms with Crippen LogP contribution in [0.25, 0.3) is 0 Å². The number of rotatable bonds is 9. The largest absolute Gasteiger partial charge is 0.493 e. The molecule has 1 atom stereocenters. The lowest BCUT2D eigenvalue weighted by molar-refractivity contribution is -0.145. The molecule has 0 radical (unpaired) electrons. The van der Waals surface area contributed by atoms with Gasteiger partial charge in [-0.1, -0.05) is 0 Å². The van der Waals surface area contributed by atoms with Gasteiger partial charge in [0, 0.05) is 23.8 Å². The Morgan fingerprint density at radius 2 is 1.73 bits per heavy atom. The molecule has 0 aliphatic carbocycles. The van der Waals surface area contributed by atoms with Crippen LogP contribution in [0.4, 0.5) is 5.69 Å². The molecule has 0 unspecified atom stereocenters. The van der Waals surface area contributed by atoms with Gasteiger partial charge in [-0.15, -0.1) is 0 Å². The van der Waals surface area contributed by atoms with Gasteiger partial charge in [0.1, 0.15) is 0 Å². The second kappa shape index (κ2) is 11.0. The fraction of sp³-hybridized carbons (Fsp3) is 0.400. The van der Waals surface area contributed by atoms with Crippen LogP contribution in [0.2, 0.25) is 0 Å². The fourth-order valence-electron chi connectivity index (χ4n) is 4.06. The van der Waals surface area contributed by atoms with E-state index < -0.39 is 0 Å². The number of ether oxygens (including phenoxy) is 3. The Kier molecular flexibility index (Phi) is 8.06. The van der Waals surface area contributed by atoms with Gasteiger partial charge in [-0.2, -0.15) is 0 Å². The van der Waals surface area contributed by atoms with E-state index in [1.165, 1.54) is 6.92 Å². The molecule has 176 valence electrons. The number of carbonyl (C=O) groups excluding carboxylic acids is 3. The predicted molar refractivity (Wildman–Crippen MR) is 124 cm³/mol. The van der Waals surface area contributed by atoms with Crippen molar-refractivity contribution in [3.05, 3.63) is 53.1 Å². The smallest absolute Gasteiger partial charge is 0.307 e. The molecule has 2 aromatic rings. The number of hydrogen-bond donors (Lipinski definition) is 1. The highest BCUT2D eigenvalue weighted by molar-refractivity contribution is 5.96. The van der Waals surface area contributed by atoms with Crippen LogP contribution in [0.5, 0.6) is 11.5 Å². The van der Waals surface area contributed by atoms with Crippen molar-refractivity contribution in [2.45, 2.75) is 32.7 Å². The van der Waals surface area contributed by atoms with Gasteiger partial charge in [-0.05, 0) is 67.8 Å². The van der Waals surface area contributed by atoms with Gasteiger partial charge < -0.3 is 19.5 Å². The van der Waals surface area contributed by atoms with E-state index in [0.29, 0.717) is 42.3 Å². The van der Waals surface area contributed by atoms with Crippen molar-refractivity contribution in [1.29, 1.82) is 0 Å². The SMILES string of the molecule is CCOC(=O)C[C@H]1c2cc(OC)c(OC)cc2CCN1CC(=O)Nc1ccc(C(C)=O)cc1. The van der Waals surface area contributed by atoms with Crippen LogP contribution in [-0.4, -0.2) is 56.5 Å². The van der Waals surface area contributed by atoms with Gasteiger partial charge in [0.15, 0.2) is 17.3 Å². The topological polar surface area (TPSA) is 94.2 Å². The lowest BCUT2D eigenvalue weighted by atomic mass is 9.90. The van der Waals surface area contributed by atoms with Crippen LogP contribution in [0.3, 0.4) is 0 Å². The van der Waals surface area contributed by atoms with Crippen LogP contribution in [0.15, 0.2) is 36.4 Å².